The number of rotatable bonds is 6. The van der Waals surface area contributed by atoms with Crippen LogP contribution in [0.15, 0.2) is 48.5 Å². The fourth-order valence-corrected chi connectivity index (χ4v) is 4.10. The molecular weight excluding hydrogens is 462 g/mol. The molecule has 0 aliphatic carbocycles. The lowest BCUT2D eigenvalue weighted by molar-refractivity contribution is -0.137. The Bertz CT molecular complexity index is 1030. The van der Waals surface area contributed by atoms with Crippen molar-refractivity contribution in [1.29, 1.82) is 0 Å². The molecule has 1 N–H and O–H groups in total. The van der Waals surface area contributed by atoms with Crippen molar-refractivity contribution in [3.05, 3.63) is 59.1 Å². The third-order valence-corrected chi connectivity index (χ3v) is 6.04. The molecule has 9 nitrogen and oxygen atoms in total. The molecule has 34 heavy (non-hydrogen) atoms. The second kappa shape index (κ2) is 10.9. The highest BCUT2D eigenvalue weighted by atomic mass is 35.5. The maximum Gasteiger partial charge on any atom is 0.413 e. The van der Waals surface area contributed by atoms with E-state index >= 15 is 0 Å². The van der Waals surface area contributed by atoms with Crippen molar-refractivity contribution in [2.24, 2.45) is 0 Å². The number of hydrogen-bond acceptors (Lipinski definition) is 6. The maximum atomic E-state index is 13.1. The minimum Gasteiger partial charge on any atom is -0.425 e. The number of benzene rings is 2. The van der Waals surface area contributed by atoms with E-state index in [1.807, 2.05) is 24.3 Å². The van der Waals surface area contributed by atoms with E-state index < -0.39 is 12.3 Å². The topological polar surface area (TPSA) is 97.4 Å². The van der Waals surface area contributed by atoms with Gasteiger partial charge in [-0.25, -0.2) is 4.79 Å². The quantitative estimate of drug-likeness (QED) is 0.672. The first-order valence-corrected chi connectivity index (χ1v) is 11.3. The van der Waals surface area contributed by atoms with Gasteiger partial charge in [0.1, 0.15) is 6.61 Å². The van der Waals surface area contributed by atoms with Crippen molar-refractivity contribution in [2.45, 2.75) is 25.2 Å². The summed E-state index contributed by atoms with van der Waals surface area (Å²) in [6.45, 7) is 1.40. The molecule has 2 fully saturated rings. The van der Waals surface area contributed by atoms with Crippen LogP contribution in [0.2, 0.25) is 5.02 Å². The number of anilines is 2. The van der Waals surface area contributed by atoms with Gasteiger partial charge >= 0.3 is 6.09 Å². The Morgan fingerprint density at radius 2 is 1.88 bits per heavy atom. The summed E-state index contributed by atoms with van der Waals surface area (Å²) in [6, 6.07) is 13.9. The highest BCUT2D eigenvalue weighted by molar-refractivity contribution is 6.30. The molecule has 2 aliphatic heterocycles. The number of likely N-dealkylation sites (tertiary alicyclic amines) is 1. The number of carbonyl (C=O) groups excluding carboxylic acids is 3. The summed E-state index contributed by atoms with van der Waals surface area (Å²) in [5.41, 5.74) is 2.09. The zero-order valence-electron chi connectivity index (χ0n) is 18.7. The SMILES string of the molecule is CO[C@@H]1C[C@@H](OC(=O)Nc2ccc(Cl)cc2)N(C(=O)Cc2ccc(N3CCOCC3=O)cc2)C1. The molecule has 2 atom stereocenters. The van der Waals surface area contributed by atoms with Crippen molar-refractivity contribution < 1.29 is 28.6 Å². The van der Waals surface area contributed by atoms with Gasteiger partial charge < -0.3 is 24.0 Å². The van der Waals surface area contributed by atoms with Gasteiger partial charge in [0.05, 0.1) is 25.7 Å². The third kappa shape index (κ3) is 5.85. The molecule has 0 spiro atoms. The fourth-order valence-electron chi connectivity index (χ4n) is 3.97. The first kappa shape index (κ1) is 24.0. The number of nitrogens with one attached hydrogen (secondary N) is 1. The van der Waals surface area contributed by atoms with Crippen LogP contribution in [0.5, 0.6) is 0 Å². The zero-order valence-corrected chi connectivity index (χ0v) is 19.5. The number of methoxy groups -OCH3 is 1. The van der Waals surface area contributed by atoms with Crippen LogP contribution in [0.3, 0.4) is 0 Å². The van der Waals surface area contributed by atoms with Crippen LogP contribution in [0.25, 0.3) is 0 Å². The molecule has 0 aromatic heterocycles. The van der Waals surface area contributed by atoms with Gasteiger partial charge in [-0.2, -0.15) is 0 Å². The number of hydrogen-bond donors (Lipinski definition) is 1. The van der Waals surface area contributed by atoms with Gasteiger partial charge in [-0.05, 0) is 42.0 Å². The lowest BCUT2D eigenvalue weighted by Crippen LogP contribution is -2.41. The molecule has 0 unspecified atom stereocenters. The second-order valence-corrected chi connectivity index (χ2v) is 8.51. The van der Waals surface area contributed by atoms with Crippen molar-refractivity contribution >= 4 is 40.9 Å². The predicted molar refractivity (Wildman–Crippen MR) is 126 cm³/mol. The Morgan fingerprint density at radius 3 is 2.56 bits per heavy atom. The molecule has 180 valence electrons. The van der Waals surface area contributed by atoms with E-state index in [1.54, 1.807) is 36.3 Å². The zero-order chi connectivity index (χ0) is 24.1. The summed E-state index contributed by atoms with van der Waals surface area (Å²) >= 11 is 5.87. The number of ether oxygens (including phenoxy) is 3. The highest BCUT2D eigenvalue weighted by Crippen LogP contribution is 2.24. The molecular formula is C24H26ClN3O6. The molecule has 2 aromatic rings. The largest absolute Gasteiger partial charge is 0.425 e. The summed E-state index contributed by atoms with van der Waals surface area (Å²) in [7, 11) is 1.56. The molecule has 0 radical (unpaired) electrons. The first-order chi connectivity index (χ1) is 16.4. The van der Waals surface area contributed by atoms with Crippen LogP contribution in [0.4, 0.5) is 16.2 Å². The van der Waals surface area contributed by atoms with Gasteiger partial charge in [-0.3, -0.25) is 14.9 Å². The monoisotopic (exact) mass is 487 g/mol. The van der Waals surface area contributed by atoms with Crippen LogP contribution in [0.1, 0.15) is 12.0 Å². The van der Waals surface area contributed by atoms with Crippen LogP contribution < -0.4 is 10.2 Å². The van der Waals surface area contributed by atoms with E-state index in [2.05, 4.69) is 5.32 Å². The Labute approximate surface area is 202 Å². The van der Waals surface area contributed by atoms with Gasteiger partial charge in [-0.1, -0.05) is 23.7 Å². The molecule has 4 rings (SSSR count). The van der Waals surface area contributed by atoms with Gasteiger partial charge in [0.25, 0.3) is 5.91 Å². The highest BCUT2D eigenvalue weighted by Gasteiger charge is 2.38. The summed E-state index contributed by atoms with van der Waals surface area (Å²) in [6.07, 6.45) is -1.12. The number of morpholine rings is 1. The van der Waals surface area contributed by atoms with E-state index in [0.29, 0.717) is 36.8 Å². The average Bonchev–Trinajstić information content (AvgIpc) is 3.24. The number of nitrogens with zero attached hydrogens (tertiary/aromatic N) is 2. The Balaban J connectivity index is 1.37. The van der Waals surface area contributed by atoms with E-state index in [0.717, 1.165) is 11.3 Å². The lowest BCUT2D eigenvalue weighted by Gasteiger charge is -2.27. The van der Waals surface area contributed by atoms with Crippen LogP contribution >= 0.6 is 11.6 Å². The lowest BCUT2D eigenvalue weighted by atomic mass is 10.1. The first-order valence-electron chi connectivity index (χ1n) is 11.0. The summed E-state index contributed by atoms with van der Waals surface area (Å²) in [5.74, 6) is -0.270. The number of amides is 3. The summed E-state index contributed by atoms with van der Waals surface area (Å²) in [4.78, 5) is 40.7. The average molecular weight is 488 g/mol. The van der Waals surface area contributed by atoms with Crippen molar-refractivity contribution in [3.63, 3.8) is 0 Å². The Morgan fingerprint density at radius 1 is 1.15 bits per heavy atom. The maximum absolute atomic E-state index is 13.1. The molecule has 0 saturated carbocycles. The van der Waals surface area contributed by atoms with Crippen molar-refractivity contribution in [3.8, 4) is 0 Å². The Hall–Kier alpha value is -3.14. The fraction of sp³-hybridized carbons (Fsp3) is 0.375. The minimum absolute atomic E-state index is 0.0723. The Kier molecular flexibility index (Phi) is 7.66. The third-order valence-electron chi connectivity index (χ3n) is 5.79. The smallest absolute Gasteiger partial charge is 0.413 e. The van der Waals surface area contributed by atoms with E-state index in [4.69, 9.17) is 25.8 Å². The van der Waals surface area contributed by atoms with Crippen molar-refractivity contribution in [2.75, 3.05) is 43.6 Å². The van der Waals surface area contributed by atoms with E-state index in [9.17, 15) is 14.4 Å². The van der Waals surface area contributed by atoms with Crippen LogP contribution in [0, 0.1) is 0 Å². The normalized spacial score (nSPS) is 20.4. The predicted octanol–water partition coefficient (Wildman–Crippen LogP) is 3.07. The minimum atomic E-state index is -0.741. The molecule has 0 bridgehead atoms. The molecule has 2 aromatic carbocycles. The van der Waals surface area contributed by atoms with Gasteiger partial charge in [0.15, 0.2) is 6.23 Å². The standard InChI is InChI=1S/C24H26ClN3O6/c1-32-20-13-23(34-24(31)26-18-6-4-17(25)5-7-18)28(14-20)21(29)12-16-2-8-19(9-3-16)27-10-11-33-15-22(27)30/h2-9,20,23H,10-15H2,1H3,(H,26,31)/t20-,23-/m1/s1. The molecule has 2 aliphatic rings. The van der Waals surface area contributed by atoms with Crippen LogP contribution in [-0.2, 0) is 30.2 Å². The van der Waals surface area contributed by atoms with Gasteiger partial charge in [-0.15, -0.1) is 0 Å². The summed E-state index contributed by atoms with van der Waals surface area (Å²) in [5, 5.41) is 3.19. The molecule has 3 amide bonds. The van der Waals surface area contributed by atoms with E-state index in [-0.39, 0.29) is 30.9 Å². The second-order valence-electron chi connectivity index (χ2n) is 8.07. The van der Waals surface area contributed by atoms with Gasteiger partial charge in [0.2, 0.25) is 5.91 Å². The molecule has 10 heteroatoms. The number of carbonyl (C=O) groups is 3. The molecule has 2 heterocycles. The number of halogens is 1. The van der Waals surface area contributed by atoms with Crippen molar-refractivity contribution in [1.82, 2.24) is 4.90 Å². The summed E-state index contributed by atoms with van der Waals surface area (Å²) < 4.78 is 16.1. The van der Waals surface area contributed by atoms with E-state index in [1.165, 1.54) is 4.90 Å². The van der Waals surface area contributed by atoms with Crippen LogP contribution in [-0.4, -0.2) is 68.6 Å². The molecule has 2 saturated heterocycles. The van der Waals surface area contributed by atoms with Gasteiger partial charge in [0, 0.05) is 36.5 Å².